The second-order valence-electron chi connectivity index (χ2n) is 8.09. The number of carbonyl (C=O) groups is 1. The standard InChI is InChI=1S/C18H18FN7O2.C4H8O/c1-18(2,28)14(19)9-24-17(27)12-8-22-15(4-13(12)21)26-16-11(7-25-26)3-10(5-20)6-23-16;1-2-4-5-3-1/h3-4,6-8,14,28H,9H2,1-2H3,(H2,21,22)(H,24,27);1-4H2. The van der Waals surface area contributed by atoms with Gasteiger partial charge < -0.3 is 20.9 Å². The van der Waals surface area contributed by atoms with Gasteiger partial charge in [-0.1, -0.05) is 0 Å². The lowest BCUT2D eigenvalue weighted by Crippen LogP contribution is -2.42. The number of halogens is 1. The van der Waals surface area contributed by atoms with Gasteiger partial charge in [-0.3, -0.25) is 4.79 Å². The molecule has 33 heavy (non-hydrogen) atoms. The Labute approximate surface area is 190 Å². The highest BCUT2D eigenvalue weighted by Crippen LogP contribution is 2.19. The summed E-state index contributed by atoms with van der Waals surface area (Å²) < 4.78 is 20.2. The zero-order valence-electron chi connectivity index (χ0n) is 18.5. The third kappa shape index (κ3) is 6.00. The quantitative estimate of drug-likeness (QED) is 0.527. The first kappa shape index (κ1) is 24.0. The van der Waals surface area contributed by atoms with Gasteiger partial charge in [-0.15, -0.1) is 0 Å². The van der Waals surface area contributed by atoms with E-state index in [1.54, 1.807) is 12.3 Å². The molecule has 0 spiro atoms. The fourth-order valence-corrected chi connectivity index (χ4v) is 2.95. The highest BCUT2D eigenvalue weighted by molar-refractivity contribution is 5.99. The molecular weight excluding hydrogens is 429 g/mol. The van der Waals surface area contributed by atoms with Crippen molar-refractivity contribution in [2.75, 3.05) is 25.5 Å². The van der Waals surface area contributed by atoms with Crippen LogP contribution in [0.15, 0.2) is 30.7 Å². The molecule has 1 aliphatic rings. The summed E-state index contributed by atoms with van der Waals surface area (Å²) in [6.07, 6.45) is 5.14. The minimum atomic E-state index is -1.63. The van der Waals surface area contributed by atoms with Gasteiger partial charge in [-0.2, -0.15) is 15.0 Å². The average Bonchev–Trinajstić information content (AvgIpc) is 3.49. The molecule has 1 saturated heterocycles. The van der Waals surface area contributed by atoms with E-state index in [1.807, 2.05) is 6.07 Å². The number of aliphatic hydroxyl groups is 1. The number of hydrogen-bond acceptors (Lipinski definition) is 8. The Morgan fingerprint density at radius 1 is 1.33 bits per heavy atom. The number of aromatic nitrogens is 4. The van der Waals surface area contributed by atoms with Crippen LogP contribution in [0, 0.1) is 11.3 Å². The molecule has 10 nitrogen and oxygen atoms in total. The van der Waals surface area contributed by atoms with Crippen LogP contribution >= 0.6 is 0 Å². The summed E-state index contributed by atoms with van der Waals surface area (Å²) in [5.74, 6) is -0.272. The van der Waals surface area contributed by atoms with Crippen molar-refractivity contribution in [3.63, 3.8) is 0 Å². The third-order valence-electron chi connectivity index (χ3n) is 4.96. The molecule has 4 heterocycles. The Kier molecular flexibility index (Phi) is 7.52. The zero-order valence-corrected chi connectivity index (χ0v) is 18.5. The summed E-state index contributed by atoms with van der Waals surface area (Å²) in [7, 11) is 0. The van der Waals surface area contributed by atoms with E-state index in [0.717, 1.165) is 13.2 Å². The number of alkyl halides is 1. The second kappa shape index (κ2) is 10.3. The molecule has 1 atom stereocenters. The van der Waals surface area contributed by atoms with Crippen molar-refractivity contribution in [2.45, 2.75) is 38.5 Å². The maximum atomic E-state index is 13.8. The molecule has 0 aliphatic carbocycles. The van der Waals surface area contributed by atoms with Crippen LogP contribution in [0.1, 0.15) is 42.6 Å². The molecule has 0 radical (unpaired) electrons. The number of fused-ring (bicyclic) bond motifs is 1. The Balaban J connectivity index is 0.000000541. The minimum Gasteiger partial charge on any atom is -0.398 e. The van der Waals surface area contributed by atoms with Crippen molar-refractivity contribution in [3.8, 4) is 11.9 Å². The van der Waals surface area contributed by atoms with E-state index in [9.17, 15) is 14.3 Å². The molecule has 4 rings (SSSR count). The molecule has 174 valence electrons. The Morgan fingerprint density at radius 3 is 2.64 bits per heavy atom. The molecule has 3 aromatic rings. The number of hydrogen-bond donors (Lipinski definition) is 3. The summed E-state index contributed by atoms with van der Waals surface area (Å²) >= 11 is 0. The molecule has 0 aromatic carbocycles. The fraction of sp³-hybridized carbons (Fsp3) is 0.409. The van der Waals surface area contributed by atoms with E-state index in [1.165, 1.54) is 49.8 Å². The predicted molar refractivity (Wildman–Crippen MR) is 119 cm³/mol. The predicted octanol–water partition coefficient (Wildman–Crippen LogP) is 1.90. The molecule has 0 bridgehead atoms. The van der Waals surface area contributed by atoms with Crippen LogP contribution in [0.3, 0.4) is 0 Å². The summed E-state index contributed by atoms with van der Waals surface area (Å²) in [6, 6.07) is 5.10. The molecule has 3 aromatic heterocycles. The van der Waals surface area contributed by atoms with E-state index in [0.29, 0.717) is 22.4 Å². The SMILES string of the molecule is C1CCOC1.CC(C)(O)C(F)CNC(=O)c1cnc(-n2ncc3cc(C#N)cnc32)cc1N. The number of rotatable bonds is 5. The van der Waals surface area contributed by atoms with Crippen LogP contribution in [0.25, 0.3) is 16.9 Å². The van der Waals surface area contributed by atoms with Crippen molar-refractivity contribution in [1.82, 2.24) is 25.1 Å². The number of carbonyl (C=O) groups excluding carboxylic acids is 1. The lowest BCUT2D eigenvalue weighted by molar-refractivity contribution is -0.00177. The molecule has 1 unspecified atom stereocenters. The number of anilines is 1. The number of amides is 1. The van der Waals surface area contributed by atoms with Crippen molar-refractivity contribution in [3.05, 3.63) is 41.9 Å². The van der Waals surface area contributed by atoms with Gasteiger partial charge in [0.25, 0.3) is 5.91 Å². The van der Waals surface area contributed by atoms with Gasteiger partial charge >= 0.3 is 0 Å². The van der Waals surface area contributed by atoms with Crippen LogP contribution in [0.4, 0.5) is 10.1 Å². The maximum Gasteiger partial charge on any atom is 0.255 e. The van der Waals surface area contributed by atoms with Gasteiger partial charge in [0.15, 0.2) is 11.5 Å². The molecule has 11 heteroatoms. The van der Waals surface area contributed by atoms with Crippen LogP contribution in [-0.4, -0.2) is 62.3 Å². The van der Waals surface area contributed by atoms with E-state index < -0.39 is 17.7 Å². The Hall–Kier alpha value is -3.62. The zero-order chi connectivity index (χ0) is 24.0. The molecule has 1 amide bonds. The van der Waals surface area contributed by atoms with E-state index in [-0.39, 0.29) is 17.8 Å². The number of nitrogens with one attached hydrogen (secondary N) is 1. The molecule has 0 saturated carbocycles. The number of ether oxygens (including phenoxy) is 1. The monoisotopic (exact) mass is 455 g/mol. The summed E-state index contributed by atoms with van der Waals surface area (Å²) in [5, 5.41) is 25.8. The van der Waals surface area contributed by atoms with Crippen molar-refractivity contribution in [1.29, 1.82) is 5.26 Å². The van der Waals surface area contributed by atoms with E-state index >= 15 is 0 Å². The first-order valence-corrected chi connectivity index (χ1v) is 10.4. The van der Waals surface area contributed by atoms with Crippen molar-refractivity contribution >= 4 is 22.6 Å². The lowest BCUT2D eigenvalue weighted by atomic mass is 10.0. The lowest BCUT2D eigenvalue weighted by Gasteiger charge is -2.22. The van der Waals surface area contributed by atoms with Gasteiger partial charge in [0.05, 0.1) is 29.5 Å². The van der Waals surface area contributed by atoms with E-state index in [2.05, 4.69) is 20.4 Å². The van der Waals surface area contributed by atoms with Gasteiger partial charge in [0.1, 0.15) is 12.2 Å². The molecular formula is C22H26FN7O3. The highest BCUT2D eigenvalue weighted by atomic mass is 19.1. The first-order chi connectivity index (χ1) is 15.7. The van der Waals surface area contributed by atoms with Crippen molar-refractivity contribution < 1.29 is 19.0 Å². The van der Waals surface area contributed by atoms with Crippen LogP contribution in [-0.2, 0) is 4.74 Å². The average molecular weight is 455 g/mol. The molecule has 1 aliphatic heterocycles. The van der Waals surface area contributed by atoms with E-state index in [4.69, 9.17) is 15.7 Å². The summed E-state index contributed by atoms with van der Waals surface area (Å²) in [5.41, 5.74) is 5.47. The highest BCUT2D eigenvalue weighted by Gasteiger charge is 2.27. The summed E-state index contributed by atoms with van der Waals surface area (Å²) in [6.45, 7) is 4.27. The van der Waals surface area contributed by atoms with Gasteiger partial charge in [0.2, 0.25) is 0 Å². The van der Waals surface area contributed by atoms with Crippen molar-refractivity contribution in [2.24, 2.45) is 0 Å². The fourth-order valence-electron chi connectivity index (χ4n) is 2.95. The smallest absolute Gasteiger partial charge is 0.255 e. The number of nitrogen functional groups attached to an aromatic ring is 1. The largest absolute Gasteiger partial charge is 0.398 e. The summed E-state index contributed by atoms with van der Waals surface area (Å²) in [4.78, 5) is 20.6. The maximum absolute atomic E-state index is 13.8. The topological polar surface area (TPSA) is 152 Å². The van der Waals surface area contributed by atoms with Crippen LogP contribution in [0.2, 0.25) is 0 Å². The molecule has 1 fully saturated rings. The first-order valence-electron chi connectivity index (χ1n) is 10.4. The third-order valence-corrected chi connectivity index (χ3v) is 4.96. The van der Waals surface area contributed by atoms with Gasteiger partial charge in [-0.05, 0) is 32.8 Å². The minimum absolute atomic E-state index is 0.0721. The number of nitrogens with two attached hydrogens (primary N) is 1. The molecule has 4 N–H and O–H groups in total. The number of nitrogens with zero attached hydrogens (tertiary/aromatic N) is 5. The van der Waals surface area contributed by atoms with Crippen LogP contribution in [0.5, 0.6) is 0 Å². The Bertz CT molecular complexity index is 1160. The van der Waals surface area contributed by atoms with Gasteiger partial charge in [-0.25, -0.2) is 14.4 Å². The van der Waals surface area contributed by atoms with Crippen LogP contribution < -0.4 is 11.1 Å². The normalized spacial score (nSPS) is 14.3. The number of nitriles is 1. The number of pyridine rings is 2. The second-order valence-corrected chi connectivity index (χ2v) is 8.09. The van der Waals surface area contributed by atoms with Gasteiger partial charge in [0, 0.05) is 42.7 Å². The Morgan fingerprint density at radius 2 is 2.06 bits per heavy atom.